The predicted octanol–water partition coefficient (Wildman–Crippen LogP) is 5.17. The van der Waals surface area contributed by atoms with Gasteiger partial charge in [-0.15, -0.1) is 0 Å². The average molecular weight is 645 g/mol. The Hall–Kier alpha value is -3.37. The topological polar surface area (TPSA) is 96.0 Å². The van der Waals surface area contributed by atoms with Gasteiger partial charge in [-0.1, -0.05) is 70.5 Å². The minimum atomic E-state index is -3.65. The van der Waals surface area contributed by atoms with E-state index in [1.54, 1.807) is 29.2 Å². The maximum Gasteiger partial charge on any atom is 0.243 e. The van der Waals surface area contributed by atoms with Gasteiger partial charge in [0, 0.05) is 36.9 Å². The van der Waals surface area contributed by atoms with Gasteiger partial charge >= 0.3 is 0 Å². The first-order chi connectivity index (χ1) is 19.6. The van der Waals surface area contributed by atoms with E-state index in [2.05, 4.69) is 21.2 Å². The number of sulfonamides is 1. The SMILES string of the molecule is CCNC(=O)[C@@H](Cc1ccccc1)N(Cc1ccc(Br)cc1)C(=O)CCCN(c1ccccc1OCC)S(C)(=O)=O. The first-order valence-corrected chi connectivity index (χ1v) is 16.3. The van der Waals surface area contributed by atoms with Gasteiger partial charge < -0.3 is 15.0 Å². The fourth-order valence-electron chi connectivity index (χ4n) is 4.56. The summed E-state index contributed by atoms with van der Waals surface area (Å²) in [5.41, 5.74) is 2.25. The van der Waals surface area contributed by atoms with Crippen LogP contribution in [0.15, 0.2) is 83.3 Å². The van der Waals surface area contributed by atoms with Gasteiger partial charge in [-0.25, -0.2) is 8.42 Å². The molecule has 0 aliphatic carbocycles. The highest BCUT2D eigenvalue weighted by atomic mass is 79.9. The number of nitrogens with one attached hydrogen (secondary N) is 1. The van der Waals surface area contributed by atoms with E-state index in [0.29, 0.717) is 31.0 Å². The number of carbonyl (C=O) groups is 2. The molecule has 3 aromatic carbocycles. The van der Waals surface area contributed by atoms with E-state index < -0.39 is 16.1 Å². The zero-order chi connectivity index (χ0) is 29.8. The van der Waals surface area contributed by atoms with Crippen molar-refractivity contribution in [3.8, 4) is 5.75 Å². The molecule has 10 heteroatoms. The van der Waals surface area contributed by atoms with E-state index in [-0.39, 0.29) is 37.7 Å². The van der Waals surface area contributed by atoms with Crippen molar-refractivity contribution in [3.05, 3.63) is 94.5 Å². The normalized spacial score (nSPS) is 11.9. The Morgan fingerprint density at radius 2 is 1.59 bits per heavy atom. The first kappa shape index (κ1) is 32.1. The highest BCUT2D eigenvalue weighted by molar-refractivity contribution is 9.10. The van der Waals surface area contributed by atoms with Crippen LogP contribution in [0.4, 0.5) is 5.69 Å². The standard InChI is InChI=1S/C31H38BrN3O5S/c1-4-33-31(37)28(22-24-12-7-6-8-13-24)34(23-25-17-19-26(32)20-18-25)30(36)16-11-21-35(41(3,38)39)27-14-9-10-15-29(27)40-5-2/h6-10,12-15,17-20,28H,4-5,11,16,21-23H2,1-3H3,(H,33,37)/t28-/m1/s1. The number of hydrogen-bond acceptors (Lipinski definition) is 5. The van der Waals surface area contributed by atoms with Crippen molar-refractivity contribution in [2.24, 2.45) is 0 Å². The second-order valence-corrected chi connectivity index (χ2v) is 12.4. The molecule has 1 N–H and O–H groups in total. The van der Waals surface area contributed by atoms with Gasteiger partial charge in [-0.2, -0.15) is 0 Å². The van der Waals surface area contributed by atoms with Crippen LogP contribution in [0, 0.1) is 0 Å². The lowest BCUT2D eigenvalue weighted by atomic mass is 10.0. The number of nitrogens with zero attached hydrogens (tertiary/aromatic N) is 2. The molecule has 0 aliphatic heterocycles. The summed E-state index contributed by atoms with van der Waals surface area (Å²) in [5.74, 6) is -0.000329. The van der Waals surface area contributed by atoms with E-state index >= 15 is 0 Å². The third-order valence-electron chi connectivity index (χ3n) is 6.47. The molecule has 0 radical (unpaired) electrons. The Morgan fingerprint density at radius 3 is 2.22 bits per heavy atom. The molecule has 0 aromatic heterocycles. The summed E-state index contributed by atoms with van der Waals surface area (Å²) in [4.78, 5) is 28.8. The Kier molecular flexibility index (Phi) is 12.2. The number of likely N-dealkylation sites (N-methyl/N-ethyl adjacent to an activating group) is 1. The molecule has 0 fully saturated rings. The molecule has 0 saturated heterocycles. The largest absolute Gasteiger partial charge is 0.492 e. The Labute approximate surface area is 251 Å². The number of rotatable bonds is 15. The summed E-state index contributed by atoms with van der Waals surface area (Å²) in [5, 5.41) is 2.89. The molecule has 8 nitrogen and oxygen atoms in total. The summed E-state index contributed by atoms with van der Waals surface area (Å²) < 4.78 is 33.4. The molecule has 0 spiro atoms. The fraction of sp³-hybridized carbons (Fsp3) is 0.355. The maximum absolute atomic E-state index is 13.8. The number of para-hydroxylation sites is 2. The number of carbonyl (C=O) groups excluding carboxylic acids is 2. The molecular weight excluding hydrogens is 606 g/mol. The molecule has 0 bridgehead atoms. The number of amides is 2. The number of halogens is 1. The fourth-order valence-corrected chi connectivity index (χ4v) is 5.79. The van der Waals surface area contributed by atoms with Crippen molar-refractivity contribution >= 4 is 43.5 Å². The molecule has 0 saturated carbocycles. The maximum atomic E-state index is 13.8. The molecule has 220 valence electrons. The minimum absolute atomic E-state index is 0.0596. The summed E-state index contributed by atoms with van der Waals surface area (Å²) in [7, 11) is -3.65. The van der Waals surface area contributed by atoms with Gasteiger partial charge in [0.1, 0.15) is 11.8 Å². The molecule has 1 atom stereocenters. The van der Waals surface area contributed by atoms with Crippen LogP contribution in [-0.4, -0.2) is 57.1 Å². The number of ether oxygens (including phenoxy) is 1. The predicted molar refractivity (Wildman–Crippen MR) is 166 cm³/mol. The summed E-state index contributed by atoms with van der Waals surface area (Å²) in [6, 6.07) is 23.4. The van der Waals surface area contributed by atoms with Crippen molar-refractivity contribution in [2.75, 3.05) is 30.3 Å². The van der Waals surface area contributed by atoms with Gasteiger partial charge in [0.05, 0.1) is 18.6 Å². The van der Waals surface area contributed by atoms with Crippen LogP contribution >= 0.6 is 15.9 Å². The van der Waals surface area contributed by atoms with Crippen molar-refractivity contribution < 1.29 is 22.7 Å². The highest BCUT2D eigenvalue weighted by Gasteiger charge is 2.30. The van der Waals surface area contributed by atoms with Crippen molar-refractivity contribution in [3.63, 3.8) is 0 Å². The molecule has 0 unspecified atom stereocenters. The van der Waals surface area contributed by atoms with Crippen LogP contribution in [0.5, 0.6) is 5.75 Å². The van der Waals surface area contributed by atoms with Gasteiger partial charge in [-0.05, 0) is 55.7 Å². The number of anilines is 1. The molecule has 2 amide bonds. The van der Waals surface area contributed by atoms with Crippen LogP contribution < -0.4 is 14.4 Å². The lowest BCUT2D eigenvalue weighted by Crippen LogP contribution is -2.50. The van der Waals surface area contributed by atoms with Crippen molar-refractivity contribution in [1.82, 2.24) is 10.2 Å². The van der Waals surface area contributed by atoms with E-state index in [4.69, 9.17) is 4.74 Å². The Bertz CT molecular complexity index is 1380. The van der Waals surface area contributed by atoms with Gasteiger partial charge in [0.25, 0.3) is 0 Å². The molecular formula is C31H38BrN3O5S. The zero-order valence-electron chi connectivity index (χ0n) is 23.8. The number of hydrogen-bond donors (Lipinski definition) is 1. The monoisotopic (exact) mass is 643 g/mol. The zero-order valence-corrected chi connectivity index (χ0v) is 26.2. The average Bonchev–Trinajstić information content (AvgIpc) is 2.94. The highest BCUT2D eigenvalue weighted by Crippen LogP contribution is 2.30. The molecule has 3 rings (SSSR count). The van der Waals surface area contributed by atoms with E-state index in [1.165, 1.54) is 4.31 Å². The van der Waals surface area contributed by atoms with Crippen molar-refractivity contribution in [2.45, 2.75) is 45.7 Å². The van der Waals surface area contributed by atoms with Crippen LogP contribution in [0.2, 0.25) is 0 Å². The van der Waals surface area contributed by atoms with E-state index in [0.717, 1.165) is 21.9 Å². The lowest BCUT2D eigenvalue weighted by Gasteiger charge is -2.32. The van der Waals surface area contributed by atoms with Gasteiger partial charge in [0.15, 0.2) is 0 Å². The van der Waals surface area contributed by atoms with Gasteiger partial charge in [-0.3, -0.25) is 13.9 Å². The summed E-state index contributed by atoms with van der Waals surface area (Å²) in [6.07, 6.45) is 1.81. The van der Waals surface area contributed by atoms with Crippen LogP contribution in [0.1, 0.15) is 37.8 Å². The Balaban J connectivity index is 1.87. The van der Waals surface area contributed by atoms with Crippen LogP contribution in [0.25, 0.3) is 0 Å². The quantitative estimate of drug-likeness (QED) is 0.247. The Morgan fingerprint density at radius 1 is 0.927 bits per heavy atom. The third-order valence-corrected chi connectivity index (χ3v) is 8.18. The summed E-state index contributed by atoms with van der Waals surface area (Å²) >= 11 is 3.45. The van der Waals surface area contributed by atoms with E-state index in [1.807, 2.05) is 68.4 Å². The van der Waals surface area contributed by atoms with Crippen molar-refractivity contribution in [1.29, 1.82) is 0 Å². The first-order valence-electron chi connectivity index (χ1n) is 13.7. The van der Waals surface area contributed by atoms with Crippen LogP contribution in [0.3, 0.4) is 0 Å². The third kappa shape index (κ3) is 9.60. The lowest BCUT2D eigenvalue weighted by molar-refractivity contribution is -0.141. The van der Waals surface area contributed by atoms with E-state index in [9.17, 15) is 18.0 Å². The second kappa shape index (κ2) is 15.6. The molecule has 3 aromatic rings. The van der Waals surface area contributed by atoms with Crippen LogP contribution in [-0.2, 0) is 32.6 Å². The molecule has 0 heterocycles. The molecule has 41 heavy (non-hydrogen) atoms. The smallest absolute Gasteiger partial charge is 0.243 e. The molecule has 0 aliphatic rings. The minimum Gasteiger partial charge on any atom is -0.492 e. The van der Waals surface area contributed by atoms with Gasteiger partial charge in [0.2, 0.25) is 21.8 Å². The number of benzene rings is 3. The second-order valence-electron chi connectivity index (χ2n) is 9.59. The summed E-state index contributed by atoms with van der Waals surface area (Å²) in [6.45, 7) is 4.84.